The van der Waals surface area contributed by atoms with E-state index in [9.17, 15) is 9.59 Å². The number of H-pyrrole nitrogens is 1. The molecule has 7 nitrogen and oxygen atoms in total. The number of rotatable bonds is 9. The number of methoxy groups -OCH3 is 2. The van der Waals surface area contributed by atoms with Gasteiger partial charge in [0, 0.05) is 29.5 Å². The quantitative estimate of drug-likeness (QED) is 0.387. The number of ether oxygens (including phenoxy) is 2. The second-order valence-corrected chi connectivity index (χ2v) is 7.79. The number of hydrogen-bond donors (Lipinski definition) is 2. The molecular formula is C23H25N3O4S. The van der Waals surface area contributed by atoms with Gasteiger partial charge in [-0.2, -0.15) is 0 Å². The summed E-state index contributed by atoms with van der Waals surface area (Å²) in [6.07, 6.45) is 0.444. The molecule has 3 aromatic rings. The van der Waals surface area contributed by atoms with E-state index in [1.807, 2.05) is 30.3 Å². The second-order valence-electron chi connectivity index (χ2n) is 6.82. The Hall–Kier alpha value is -3.26. The summed E-state index contributed by atoms with van der Waals surface area (Å²) >= 11 is 1.47. The highest BCUT2D eigenvalue weighted by molar-refractivity contribution is 7.98. The first-order valence-corrected chi connectivity index (χ1v) is 10.8. The van der Waals surface area contributed by atoms with Gasteiger partial charge in [-0.3, -0.25) is 9.59 Å². The van der Waals surface area contributed by atoms with Crippen LogP contribution >= 0.6 is 11.8 Å². The fraction of sp³-hybridized carbons (Fsp3) is 0.261. The number of aryl methyl sites for hydroxylation is 1. The van der Waals surface area contributed by atoms with Gasteiger partial charge in [-0.05, 0) is 31.0 Å². The molecule has 0 saturated heterocycles. The molecule has 0 aliphatic rings. The zero-order valence-corrected chi connectivity index (χ0v) is 18.5. The summed E-state index contributed by atoms with van der Waals surface area (Å²) in [4.78, 5) is 32.3. The van der Waals surface area contributed by atoms with Crippen LogP contribution in [0.4, 0.5) is 5.69 Å². The zero-order chi connectivity index (χ0) is 22.2. The minimum Gasteiger partial charge on any atom is -0.497 e. The van der Waals surface area contributed by atoms with Gasteiger partial charge < -0.3 is 19.8 Å². The lowest BCUT2D eigenvalue weighted by molar-refractivity contribution is -0.116. The highest BCUT2D eigenvalue weighted by Crippen LogP contribution is 2.29. The summed E-state index contributed by atoms with van der Waals surface area (Å²) in [5.74, 6) is 1.63. The van der Waals surface area contributed by atoms with E-state index < -0.39 is 0 Å². The molecule has 0 spiro atoms. The van der Waals surface area contributed by atoms with E-state index >= 15 is 0 Å². The zero-order valence-electron chi connectivity index (χ0n) is 17.7. The van der Waals surface area contributed by atoms with Gasteiger partial charge >= 0.3 is 0 Å². The number of aromatic nitrogens is 2. The van der Waals surface area contributed by atoms with E-state index in [1.54, 1.807) is 32.2 Å². The van der Waals surface area contributed by atoms with Gasteiger partial charge in [0.1, 0.15) is 11.5 Å². The Bertz CT molecular complexity index is 1100. The number of aromatic amines is 1. The standard InChI is InChI=1S/C23H25N3O4S/c1-15-18(22(28)26-23(24-15)31-14-16-7-5-4-6-8-16)10-12-21(27)25-19-11-9-17(29-2)13-20(19)30-3/h4-9,11,13H,10,12,14H2,1-3H3,(H,25,27)(H,24,26,28). The summed E-state index contributed by atoms with van der Waals surface area (Å²) in [5.41, 5.74) is 2.64. The number of carbonyl (C=O) groups excluding carboxylic acids is 1. The highest BCUT2D eigenvalue weighted by atomic mass is 32.2. The Morgan fingerprint density at radius 1 is 1.13 bits per heavy atom. The van der Waals surface area contributed by atoms with Crippen molar-refractivity contribution in [1.29, 1.82) is 0 Å². The molecule has 0 atom stereocenters. The van der Waals surface area contributed by atoms with Crippen molar-refractivity contribution in [2.75, 3.05) is 19.5 Å². The van der Waals surface area contributed by atoms with E-state index in [-0.39, 0.29) is 17.9 Å². The summed E-state index contributed by atoms with van der Waals surface area (Å²) in [6, 6.07) is 15.1. The fourth-order valence-corrected chi connectivity index (χ4v) is 3.89. The number of anilines is 1. The summed E-state index contributed by atoms with van der Waals surface area (Å²) in [7, 11) is 3.09. The Labute approximate surface area is 185 Å². The number of amides is 1. The normalized spacial score (nSPS) is 10.5. The molecule has 3 rings (SSSR count). The molecule has 0 aliphatic heterocycles. The molecular weight excluding hydrogens is 414 g/mol. The molecule has 0 bridgehead atoms. The van der Waals surface area contributed by atoms with Crippen molar-refractivity contribution in [2.24, 2.45) is 0 Å². The van der Waals surface area contributed by atoms with Crippen LogP contribution in [0.1, 0.15) is 23.2 Å². The number of nitrogens with zero attached hydrogens (tertiary/aromatic N) is 1. The first-order chi connectivity index (χ1) is 15.0. The monoisotopic (exact) mass is 439 g/mol. The van der Waals surface area contributed by atoms with Crippen molar-refractivity contribution in [3.63, 3.8) is 0 Å². The molecule has 162 valence electrons. The van der Waals surface area contributed by atoms with Gasteiger partial charge in [-0.15, -0.1) is 0 Å². The van der Waals surface area contributed by atoms with Gasteiger partial charge in [0.25, 0.3) is 5.56 Å². The van der Waals surface area contributed by atoms with Crippen LogP contribution in [0.2, 0.25) is 0 Å². The fourth-order valence-electron chi connectivity index (χ4n) is 3.03. The van der Waals surface area contributed by atoms with Crippen molar-refractivity contribution >= 4 is 23.4 Å². The number of thioether (sulfide) groups is 1. The van der Waals surface area contributed by atoms with Crippen molar-refractivity contribution < 1.29 is 14.3 Å². The lowest BCUT2D eigenvalue weighted by atomic mass is 10.1. The van der Waals surface area contributed by atoms with Crippen LogP contribution < -0.4 is 20.3 Å². The molecule has 31 heavy (non-hydrogen) atoms. The third kappa shape index (κ3) is 6.11. The molecule has 0 radical (unpaired) electrons. The minimum absolute atomic E-state index is 0.150. The van der Waals surface area contributed by atoms with E-state index in [2.05, 4.69) is 15.3 Å². The van der Waals surface area contributed by atoms with Crippen LogP contribution in [0, 0.1) is 6.92 Å². The van der Waals surface area contributed by atoms with E-state index in [0.717, 1.165) is 5.56 Å². The smallest absolute Gasteiger partial charge is 0.254 e. The number of nitrogens with one attached hydrogen (secondary N) is 2. The molecule has 1 aromatic heterocycles. The number of benzene rings is 2. The predicted octanol–water partition coefficient (Wildman–Crippen LogP) is 3.96. The average Bonchev–Trinajstić information content (AvgIpc) is 2.78. The summed E-state index contributed by atoms with van der Waals surface area (Å²) in [6.45, 7) is 1.79. The van der Waals surface area contributed by atoms with Crippen LogP contribution in [0.5, 0.6) is 11.5 Å². The van der Waals surface area contributed by atoms with Crippen molar-refractivity contribution in [3.05, 3.63) is 75.7 Å². The maximum atomic E-state index is 12.5. The number of carbonyl (C=O) groups is 1. The van der Waals surface area contributed by atoms with Crippen LogP contribution in [0.25, 0.3) is 0 Å². The van der Waals surface area contributed by atoms with Crippen molar-refractivity contribution in [1.82, 2.24) is 9.97 Å². The molecule has 1 amide bonds. The third-order valence-electron chi connectivity index (χ3n) is 4.70. The Morgan fingerprint density at radius 3 is 2.58 bits per heavy atom. The first-order valence-electron chi connectivity index (χ1n) is 9.78. The molecule has 2 N–H and O–H groups in total. The molecule has 1 heterocycles. The SMILES string of the molecule is COc1ccc(NC(=O)CCc2c(C)nc(SCc3ccccc3)[nH]c2=O)c(OC)c1. The van der Waals surface area contributed by atoms with Crippen LogP contribution in [0.15, 0.2) is 58.5 Å². The molecule has 8 heteroatoms. The van der Waals surface area contributed by atoms with Crippen molar-refractivity contribution in [2.45, 2.75) is 30.7 Å². The average molecular weight is 440 g/mol. The van der Waals surface area contributed by atoms with E-state index in [1.165, 1.54) is 18.9 Å². The largest absolute Gasteiger partial charge is 0.497 e. The van der Waals surface area contributed by atoms with Crippen LogP contribution in [0.3, 0.4) is 0 Å². The Kier molecular flexibility index (Phi) is 7.72. The lowest BCUT2D eigenvalue weighted by Gasteiger charge is -2.12. The Morgan fingerprint density at radius 2 is 1.90 bits per heavy atom. The van der Waals surface area contributed by atoms with Gasteiger partial charge in [0.15, 0.2) is 5.16 Å². The summed E-state index contributed by atoms with van der Waals surface area (Å²) in [5, 5.41) is 3.39. The van der Waals surface area contributed by atoms with Gasteiger partial charge in [-0.25, -0.2) is 4.98 Å². The highest BCUT2D eigenvalue weighted by Gasteiger charge is 2.13. The molecule has 0 fully saturated rings. The second kappa shape index (κ2) is 10.7. The Balaban J connectivity index is 1.61. The van der Waals surface area contributed by atoms with E-state index in [0.29, 0.717) is 45.8 Å². The van der Waals surface area contributed by atoms with Crippen LogP contribution in [-0.2, 0) is 17.0 Å². The van der Waals surface area contributed by atoms with Gasteiger partial charge in [0.05, 0.1) is 19.9 Å². The first kappa shape index (κ1) is 22.4. The topological polar surface area (TPSA) is 93.3 Å². The molecule has 0 unspecified atom stereocenters. The molecule has 0 aliphatic carbocycles. The number of hydrogen-bond acceptors (Lipinski definition) is 6. The maximum Gasteiger partial charge on any atom is 0.254 e. The summed E-state index contributed by atoms with van der Waals surface area (Å²) < 4.78 is 10.5. The minimum atomic E-state index is -0.218. The maximum absolute atomic E-state index is 12.5. The van der Waals surface area contributed by atoms with E-state index in [4.69, 9.17) is 9.47 Å². The van der Waals surface area contributed by atoms with Crippen molar-refractivity contribution in [3.8, 4) is 11.5 Å². The van der Waals surface area contributed by atoms with Crippen LogP contribution in [-0.4, -0.2) is 30.1 Å². The van der Waals surface area contributed by atoms with Gasteiger partial charge in [-0.1, -0.05) is 42.1 Å². The molecule has 2 aromatic carbocycles. The predicted molar refractivity (Wildman–Crippen MR) is 122 cm³/mol. The van der Waals surface area contributed by atoms with Gasteiger partial charge in [0.2, 0.25) is 5.91 Å². The lowest BCUT2D eigenvalue weighted by Crippen LogP contribution is -2.20. The third-order valence-corrected chi connectivity index (χ3v) is 5.65. The molecule has 0 saturated carbocycles.